The molecule has 0 aliphatic carbocycles. The molecule has 0 radical (unpaired) electrons. The number of aliphatic hydroxyl groups is 1. The number of ether oxygens (including phenoxy) is 3. The van der Waals surface area contributed by atoms with Gasteiger partial charge in [0, 0.05) is 12.0 Å². The molecule has 0 unspecified atom stereocenters. The van der Waals surface area contributed by atoms with Crippen molar-refractivity contribution in [2.75, 3.05) is 18.1 Å². The fourth-order valence-corrected chi connectivity index (χ4v) is 5.87. The van der Waals surface area contributed by atoms with Crippen molar-refractivity contribution in [3.05, 3.63) is 75.3 Å². The number of Topliss-reactive ketones (excluding diaryl/α,β-unsaturated/α-hetero) is 1. The summed E-state index contributed by atoms with van der Waals surface area (Å²) in [6, 6.07) is 11.2. The molecule has 0 saturated carbocycles. The second-order valence-electron chi connectivity index (χ2n) is 9.26. The van der Waals surface area contributed by atoms with E-state index in [1.165, 1.54) is 4.90 Å². The molecule has 5 rings (SSSR count). The highest BCUT2D eigenvalue weighted by molar-refractivity contribution is 7.17. The van der Waals surface area contributed by atoms with Gasteiger partial charge in [0.05, 0.1) is 30.5 Å². The first-order valence-electron chi connectivity index (χ1n) is 12.7. The molecule has 1 aromatic heterocycles. The third kappa shape index (κ3) is 4.76. The van der Waals surface area contributed by atoms with Crippen LogP contribution in [0.5, 0.6) is 11.5 Å². The topological polar surface area (TPSA) is 115 Å². The quantitative estimate of drug-likeness (QED) is 0.190. The Labute approximate surface area is 229 Å². The number of aromatic nitrogens is 1. The number of thiazole rings is 1. The molecule has 9 nitrogen and oxygen atoms in total. The Hall–Kier alpha value is -4.18. The van der Waals surface area contributed by atoms with Gasteiger partial charge in [0.2, 0.25) is 0 Å². The smallest absolute Gasteiger partial charge is 0.350 e. The summed E-state index contributed by atoms with van der Waals surface area (Å²) < 4.78 is 16.6. The van der Waals surface area contributed by atoms with Gasteiger partial charge in [-0.1, -0.05) is 23.5 Å². The number of carbonyl (C=O) groups is 3. The summed E-state index contributed by atoms with van der Waals surface area (Å²) in [7, 11) is 0. The van der Waals surface area contributed by atoms with Crippen LogP contribution in [0.15, 0.2) is 48.0 Å². The van der Waals surface area contributed by atoms with Crippen molar-refractivity contribution in [1.82, 2.24) is 4.98 Å². The Morgan fingerprint density at radius 2 is 1.97 bits per heavy atom. The van der Waals surface area contributed by atoms with E-state index in [1.54, 1.807) is 56.3 Å². The van der Waals surface area contributed by atoms with Gasteiger partial charge >= 0.3 is 11.9 Å². The normalized spacial score (nSPS) is 19.6. The highest BCUT2D eigenvalue weighted by Crippen LogP contribution is 2.45. The van der Waals surface area contributed by atoms with Gasteiger partial charge in [-0.05, 0) is 69.2 Å². The molecule has 202 valence electrons. The van der Waals surface area contributed by atoms with Gasteiger partial charge in [-0.25, -0.2) is 9.78 Å². The van der Waals surface area contributed by atoms with Gasteiger partial charge in [0.25, 0.3) is 5.78 Å². The van der Waals surface area contributed by atoms with Gasteiger partial charge in [-0.15, -0.1) is 0 Å². The molecular formula is C29H28N2O7S. The number of hydrogen-bond donors (Lipinski definition) is 1. The molecule has 39 heavy (non-hydrogen) atoms. The number of carbonyl (C=O) groups excluding carboxylic acids is 3. The van der Waals surface area contributed by atoms with Gasteiger partial charge in [-0.3, -0.25) is 14.5 Å². The number of benzene rings is 2. The highest BCUT2D eigenvalue weighted by Gasteiger charge is 2.48. The molecule has 1 amide bonds. The molecule has 1 fully saturated rings. The summed E-state index contributed by atoms with van der Waals surface area (Å²) in [4.78, 5) is 45.5. The summed E-state index contributed by atoms with van der Waals surface area (Å²) >= 11 is 0.965. The van der Waals surface area contributed by atoms with Gasteiger partial charge in [-0.2, -0.15) is 0 Å². The van der Waals surface area contributed by atoms with Crippen molar-refractivity contribution >= 4 is 39.9 Å². The van der Waals surface area contributed by atoms with Crippen molar-refractivity contribution in [3.8, 4) is 11.5 Å². The van der Waals surface area contributed by atoms with Crippen LogP contribution in [0.2, 0.25) is 0 Å². The van der Waals surface area contributed by atoms with Crippen LogP contribution >= 0.6 is 11.3 Å². The first-order valence-corrected chi connectivity index (χ1v) is 13.5. The molecule has 1 N–H and O–H groups in total. The maximum absolute atomic E-state index is 13.5. The highest BCUT2D eigenvalue weighted by atomic mass is 32.1. The van der Waals surface area contributed by atoms with E-state index >= 15 is 0 Å². The third-order valence-corrected chi connectivity index (χ3v) is 7.69. The Balaban J connectivity index is 1.67. The van der Waals surface area contributed by atoms with E-state index in [4.69, 9.17) is 14.2 Å². The van der Waals surface area contributed by atoms with E-state index in [-0.39, 0.29) is 34.1 Å². The lowest BCUT2D eigenvalue weighted by Gasteiger charge is -2.23. The Bertz CT molecular complexity index is 1510. The minimum absolute atomic E-state index is 0.00557. The molecule has 1 saturated heterocycles. The number of hydrogen-bond acceptors (Lipinski definition) is 9. The van der Waals surface area contributed by atoms with Crippen molar-refractivity contribution in [1.29, 1.82) is 0 Å². The third-order valence-electron chi connectivity index (χ3n) is 6.55. The zero-order chi connectivity index (χ0) is 27.8. The first-order chi connectivity index (χ1) is 18.7. The number of rotatable bonds is 7. The van der Waals surface area contributed by atoms with Crippen LogP contribution in [0, 0.1) is 6.92 Å². The van der Waals surface area contributed by atoms with Crippen LogP contribution in [-0.2, 0) is 20.7 Å². The number of aryl methyl sites for hydroxylation is 1. The van der Waals surface area contributed by atoms with Crippen molar-refractivity contribution in [2.24, 2.45) is 0 Å². The zero-order valence-corrected chi connectivity index (χ0v) is 22.8. The second-order valence-corrected chi connectivity index (χ2v) is 10.2. The lowest BCUT2D eigenvalue weighted by atomic mass is 9.94. The predicted molar refractivity (Wildman–Crippen MR) is 145 cm³/mol. The second kappa shape index (κ2) is 10.5. The van der Waals surface area contributed by atoms with Crippen molar-refractivity contribution in [3.63, 3.8) is 0 Å². The fourth-order valence-electron chi connectivity index (χ4n) is 4.88. The van der Waals surface area contributed by atoms with Crippen LogP contribution in [-0.4, -0.2) is 47.1 Å². The van der Waals surface area contributed by atoms with Crippen LogP contribution in [0.4, 0.5) is 5.13 Å². The fraction of sp³-hybridized carbons (Fsp3) is 0.310. The summed E-state index contributed by atoms with van der Waals surface area (Å²) in [5.41, 5.74) is 2.16. The minimum Gasteiger partial charge on any atom is -0.507 e. The number of esters is 1. The van der Waals surface area contributed by atoms with Gasteiger partial charge in [0.1, 0.15) is 28.2 Å². The minimum atomic E-state index is -1.01. The summed E-state index contributed by atoms with van der Waals surface area (Å²) in [5.74, 6) is -1.29. The van der Waals surface area contributed by atoms with Crippen LogP contribution in [0.1, 0.15) is 58.9 Å². The number of aliphatic hydroxyl groups excluding tert-OH is 1. The SMILES string of the molecule is CCOC(=O)c1sc(N2C(=O)C(=O)/C(=C(/O)c3ccc4c(c3)C[C@@H](C)O4)[C@@H]2c2cccc(OCC)c2)nc1C. The molecule has 0 spiro atoms. The summed E-state index contributed by atoms with van der Waals surface area (Å²) in [5, 5.41) is 11.7. The number of amides is 1. The van der Waals surface area contributed by atoms with E-state index in [0.29, 0.717) is 35.6 Å². The van der Waals surface area contributed by atoms with Crippen LogP contribution in [0.3, 0.4) is 0 Å². The van der Waals surface area contributed by atoms with Crippen molar-refractivity contribution in [2.45, 2.75) is 46.3 Å². The summed E-state index contributed by atoms with van der Waals surface area (Å²) in [6.07, 6.45) is 0.672. The van der Waals surface area contributed by atoms with Gasteiger partial charge < -0.3 is 19.3 Å². The van der Waals surface area contributed by atoms with Crippen LogP contribution in [0.25, 0.3) is 5.76 Å². The van der Waals surface area contributed by atoms with E-state index in [9.17, 15) is 19.5 Å². The Morgan fingerprint density at radius 3 is 2.72 bits per heavy atom. The maximum Gasteiger partial charge on any atom is 0.350 e. The average molecular weight is 549 g/mol. The zero-order valence-electron chi connectivity index (χ0n) is 22.0. The van der Waals surface area contributed by atoms with E-state index < -0.39 is 23.7 Å². The number of nitrogens with zero attached hydrogens (tertiary/aromatic N) is 2. The monoisotopic (exact) mass is 548 g/mol. The van der Waals surface area contributed by atoms with Crippen molar-refractivity contribution < 1.29 is 33.7 Å². The molecule has 3 aromatic rings. The van der Waals surface area contributed by atoms with Crippen LogP contribution < -0.4 is 14.4 Å². The molecule has 0 bridgehead atoms. The molecule has 2 aromatic carbocycles. The van der Waals surface area contributed by atoms with E-state index in [2.05, 4.69) is 4.98 Å². The summed E-state index contributed by atoms with van der Waals surface area (Å²) in [6.45, 7) is 7.76. The lowest BCUT2D eigenvalue weighted by molar-refractivity contribution is -0.132. The first kappa shape index (κ1) is 26.4. The molecule has 2 atom stereocenters. The number of anilines is 1. The standard InChI is InChI=1S/C29H28N2O7S/c1-5-36-20-9-7-8-17(14-20)23-22(24(32)18-10-11-21-19(13-18)12-15(3)38-21)25(33)27(34)31(23)29-30-16(4)26(39-29)28(35)37-6-2/h7-11,13-15,23,32H,5-6,12H2,1-4H3/b24-22+/t15-,23+/m1/s1. The predicted octanol–water partition coefficient (Wildman–Crippen LogP) is 4.98. The molecule has 2 aliphatic heterocycles. The number of fused-ring (bicyclic) bond motifs is 1. The Kier molecular flexibility index (Phi) is 7.14. The molecule has 10 heteroatoms. The molecule has 3 heterocycles. The average Bonchev–Trinajstić information content (AvgIpc) is 3.56. The Morgan fingerprint density at radius 1 is 1.18 bits per heavy atom. The van der Waals surface area contributed by atoms with E-state index in [0.717, 1.165) is 22.6 Å². The number of ketones is 1. The lowest BCUT2D eigenvalue weighted by Crippen LogP contribution is -2.29. The molecule has 2 aliphatic rings. The largest absolute Gasteiger partial charge is 0.507 e. The maximum atomic E-state index is 13.5. The molecular weight excluding hydrogens is 520 g/mol. The van der Waals surface area contributed by atoms with Gasteiger partial charge in [0.15, 0.2) is 5.13 Å². The van der Waals surface area contributed by atoms with E-state index in [1.807, 2.05) is 13.8 Å².